The van der Waals surface area contributed by atoms with Crippen LogP contribution in [0.1, 0.15) is 22.3 Å². The number of nitrogens with zero attached hydrogens (tertiary/aromatic N) is 1. The van der Waals surface area contributed by atoms with Crippen molar-refractivity contribution < 1.29 is 28.2 Å². The van der Waals surface area contributed by atoms with Gasteiger partial charge in [-0.25, -0.2) is 14.1 Å². The Labute approximate surface area is 201 Å². The highest BCUT2D eigenvalue weighted by Gasteiger charge is 2.37. The van der Waals surface area contributed by atoms with Crippen LogP contribution in [-0.4, -0.2) is 25.0 Å². The van der Waals surface area contributed by atoms with Gasteiger partial charge in [-0.2, -0.15) is 0 Å². The molecule has 3 aromatic rings. The Kier molecular flexibility index (Phi) is 6.64. The molecule has 0 aromatic heterocycles. The first-order valence-corrected chi connectivity index (χ1v) is 10.8. The minimum Gasteiger partial charge on any atom is -0.493 e. The zero-order valence-corrected chi connectivity index (χ0v) is 19.4. The van der Waals surface area contributed by atoms with E-state index in [1.54, 1.807) is 42.5 Å². The van der Waals surface area contributed by atoms with Crippen LogP contribution >= 0.6 is 0 Å². The monoisotopic (exact) mass is 474 g/mol. The number of barbiturate groups is 1. The van der Waals surface area contributed by atoms with E-state index in [2.05, 4.69) is 5.32 Å². The molecule has 0 radical (unpaired) electrons. The van der Waals surface area contributed by atoms with E-state index in [1.165, 1.54) is 25.3 Å². The molecule has 1 saturated heterocycles. The van der Waals surface area contributed by atoms with Gasteiger partial charge in [-0.15, -0.1) is 0 Å². The first-order chi connectivity index (χ1) is 16.7. The molecule has 1 aliphatic heterocycles. The molecule has 0 aliphatic carbocycles. The van der Waals surface area contributed by atoms with Crippen molar-refractivity contribution in [1.29, 1.82) is 0 Å². The lowest BCUT2D eigenvalue weighted by atomic mass is 10.0. The van der Waals surface area contributed by atoms with Gasteiger partial charge in [0.05, 0.1) is 12.8 Å². The number of anilines is 1. The van der Waals surface area contributed by atoms with Gasteiger partial charge >= 0.3 is 6.03 Å². The summed E-state index contributed by atoms with van der Waals surface area (Å²) in [5.41, 5.74) is 3.23. The van der Waals surface area contributed by atoms with E-state index < -0.39 is 17.8 Å². The van der Waals surface area contributed by atoms with Crippen molar-refractivity contribution in [2.45, 2.75) is 20.5 Å². The molecule has 0 unspecified atom stereocenters. The zero-order valence-electron chi connectivity index (χ0n) is 19.4. The van der Waals surface area contributed by atoms with Gasteiger partial charge in [-0.05, 0) is 78.6 Å². The van der Waals surface area contributed by atoms with Gasteiger partial charge in [0.1, 0.15) is 18.0 Å². The molecule has 178 valence electrons. The molecule has 1 aliphatic rings. The maximum absolute atomic E-state index is 13.2. The Hall–Kier alpha value is -4.46. The van der Waals surface area contributed by atoms with Crippen LogP contribution in [-0.2, 0) is 16.2 Å². The molecular formula is C27H23FN2O5. The number of carbonyl (C=O) groups is 3. The third-order valence-corrected chi connectivity index (χ3v) is 5.37. The highest BCUT2D eigenvalue weighted by Crippen LogP contribution is 2.31. The van der Waals surface area contributed by atoms with Crippen LogP contribution in [0.15, 0.2) is 66.2 Å². The Bertz CT molecular complexity index is 1330. The molecule has 8 heteroatoms. The standard InChI is InChI=1S/C27H23FN2O5/c1-16-10-17(2)12-21(11-16)30-26(32)22(25(31)29-27(30)33)13-19-6-9-23(24(14-19)34-3)35-15-18-4-7-20(28)8-5-18/h4-14H,15H2,1-3H3,(H,29,31,33). The second-order valence-corrected chi connectivity index (χ2v) is 8.13. The summed E-state index contributed by atoms with van der Waals surface area (Å²) in [5.74, 6) is -1.02. The topological polar surface area (TPSA) is 84.9 Å². The quantitative estimate of drug-likeness (QED) is 0.414. The molecule has 3 aromatic carbocycles. The highest BCUT2D eigenvalue weighted by atomic mass is 19.1. The number of imide groups is 2. The molecule has 1 N–H and O–H groups in total. The summed E-state index contributed by atoms with van der Waals surface area (Å²) >= 11 is 0. The largest absolute Gasteiger partial charge is 0.493 e. The molecular weight excluding hydrogens is 451 g/mol. The first-order valence-electron chi connectivity index (χ1n) is 10.8. The fraction of sp³-hybridized carbons (Fsp3) is 0.148. The van der Waals surface area contributed by atoms with Crippen LogP contribution in [0.25, 0.3) is 6.08 Å². The van der Waals surface area contributed by atoms with E-state index in [0.717, 1.165) is 21.6 Å². The molecule has 0 spiro atoms. The SMILES string of the molecule is COc1cc(C=C2C(=O)NC(=O)N(c3cc(C)cc(C)c3)C2=O)ccc1OCc1ccc(F)cc1. The van der Waals surface area contributed by atoms with E-state index in [0.29, 0.717) is 22.7 Å². The maximum atomic E-state index is 13.2. The lowest BCUT2D eigenvalue weighted by Crippen LogP contribution is -2.54. The Morgan fingerprint density at radius 3 is 2.26 bits per heavy atom. The second-order valence-electron chi connectivity index (χ2n) is 8.13. The predicted molar refractivity (Wildman–Crippen MR) is 129 cm³/mol. The predicted octanol–water partition coefficient (Wildman–Crippen LogP) is 4.70. The summed E-state index contributed by atoms with van der Waals surface area (Å²) in [4.78, 5) is 39.1. The fourth-order valence-corrected chi connectivity index (χ4v) is 3.77. The molecule has 4 rings (SSSR count). The summed E-state index contributed by atoms with van der Waals surface area (Å²) in [6, 6.07) is 15.4. The van der Waals surface area contributed by atoms with Crippen molar-refractivity contribution in [2.24, 2.45) is 0 Å². The Morgan fingerprint density at radius 1 is 0.914 bits per heavy atom. The van der Waals surface area contributed by atoms with Crippen molar-refractivity contribution in [3.05, 3.63) is 94.3 Å². The van der Waals surface area contributed by atoms with Crippen LogP contribution in [0, 0.1) is 19.7 Å². The van der Waals surface area contributed by atoms with Crippen LogP contribution < -0.4 is 19.7 Å². The van der Waals surface area contributed by atoms with Crippen molar-refractivity contribution in [1.82, 2.24) is 5.32 Å². The molecule has 4 amide bonds. The van der Waals surface area contributed by atoms with Crippen molar-refractivity contribution >= 4 is 29.6 Å². The van der Waals surface area contributed by atoms with Crippen LogP contribution in [0.5, 0.6) is 11.5 Å². The summed E-state index contributed by atoms with van der Waals surface area (Å²) in [7, 11) is 1.47. The molecule has 0 atom stereocenters. The number of hydrogen-bond donors (Lipinski definition) is 1. The van der Waals surface area contributed by atoms with Gasteiger partial charge in [0.15, 0.2) is 11.5 Å². The molecule has 1 fully saturated rings. The fourth-order valence-electron chi connectivity index (χ4n) is 3.77. The van der Waals surface area contributed by atoms with E-state index in [-0.39, 0.29) is 18.0 Å². The number of methoxy groups -OCH3 is 1. The molecule has 35 heavy (non-hydrogen) atoms. The smallest absolute Gasteiger partial charge is 0.335 e. The maximum Gasteiger partial charge on any atom is 0.335 e. The van der Waals surface area contributed by atoms with Crippen LogP contribution in [0.3, 0.4) is 0 Å². The summed E-state index contributed by atoms with van der Waals surface area (Å²) in [5, 5.41) is 2.23. The van der Waals surface area contributed by atoms with Gasteiger partial charge in [-0.3, -0.25) is 14.9 Å². The lowest BCUT2D eigenvalue weighted by molar-refractivity contribution is -0.122. The number of benzene rings is 3. The number of rotatable bonds is 6. The third kappa shape index (κ3) is 5.22. The van der Waals surface area contributed by atoms with E-state index >= 15 is 0 Å². The van der Waals surface area contributed by atoms with E-state index in [9.17, 15) is 18.8 Å². The number of hydrogen-bond acceptors (Lipinski definition) is 5. The average molecular weight is 474 g/mol. The zero-order chi connectivity index (χ0) is 25.1. The second kappa shape index (κ2) is 9.80. The molecule has 7 nitrogen and oxygen atoms in total. The number of carbonyl (C=O) groups excluding carboxylic acids is 3. The summed E-state index contributed by atoms with van der Waals surface area (Å²) in [6.45, 7) is 3.92. The number of urea groups is 1. The summed E-state index contributed by atoms with van der Waals surface area (Å²) < 4.78 is 24.3. The third-order valence-electron chi connectivity index (χ3n) is 5.37. The van der Waals surface area contributed by atoms with Crippen LogP contribution in [0.4, 0.5) is 14.9 Å². The minimum atomic E-state index is -0.802. The number of amides is 4. The van der Waals surface area contributed by atoms with E-state index in [4.69, 9.17) is 9.47 Å². The van der Waals surface area contributed by atoms with Gasteiger partial charge in [0, 0.05) is 0 Å². The van der Waals surface area contributed by atoms with Gasteiger partial charge < -0.3 is 9.47 Å². The van der Waals surface area contributed by atoms with Crippen LogP contribution in [0.2, 0.25) is 0 Å². The summed E-state index contributed by atoms with van der Waals surface area (Å²) in [6.07, 6.45) is 1.39. The minimum absolute atomic E-state index is 0.189. The number of halogens is 1. The van der Waals surface area contributed by atoms with Gasteiger partial charge in [-0.1, -0.05) is 24.3 Å². The first kappa shape index (κ1) is 23.7. The molecule has 0 bridgehead atoms. The Morgan fingerprint density at radius 2 is 1.60 bits per heavy atom. The Balaban J connectivity index is 1.60. The molecule has 1 heterocycles. The average Bonchev–Trinajstić information content (AvgIpc) is 2.81. The number of ether oxygens (including phenoxy) is 2. The van der Waals surface area contributed by atoms with Crippen molar-refractivity contribution in [3.8, 4) is 11.5 Å². The van der Waals surface area contributed by atoms with E-state index in [1.807, 2.05) is 19.9 Å². The molecule has 0 saturated carbocycles. The van der Waals surface area contributed by atoms with Gasteiger partial charge in [0.25, 0.3) is 11.8 Å². The number of nitrogens with one attached hydrogen (secondary N) is 1. The van der Waals surface area contributed by atoms with Crippen molar-refractivity contribution in [3.63, 3.8) is 0 Å². The normalized spacial score (nSPS) is 14.8. The number of aryl methyl sites for hydroxylation is 2. The lowest BCUT2D eigenvalue weighted by Gasteiger charge is -2.27. The van der Waals surface area contributed by atoms with Gasteiger partial charge in [0.2, 0.25) is 0 Å². The van der Waals surface area contributed by atoms with Crippen molar-refractivity contribution in [2.75, 3.05) is 12.0 Å². The highest BCUT2D eigenvalue weighted by molar-refractivity contribution is 6.39.